The summed E-state index contributed by atoms with van der Waals surface area (Å²) < 4.78 is 31.2. The van der Waals surface area contributed by atoms with E-state index in [1.54, 1.807) is 24.3 Å². The highest BCUT2D eigenvalue weighted by molar-refractivity contribution is 8.00. The number of ether oxygens (including phenoxy) is 1. The van der Waals surface area contributed by atoms with Gasteiger partial charge in [-0.25, -0.2) is 8.78 Å². The van der Waals surface area contributed by atoms with Crippen molar-refractivity contribution in [2.45, 2.75) is 17.9 Å². The highest BCUT2D eigenvalue weighted by atomic mass is 35.5. The highest BCUT2D eigenvalue weighted by Crippen LogP contribution is 2.20. The summed E-state index contributed by atoms with van der Waals surface area (Å²) in [5, 5.41) is 0.598. The van der Waals surface area contributed by atoms with Crippen LogP contribution >= 0.6 is 23.4 Å². The fraction of sp³-hybridized carbons (Fsp3) is 0.176. The molecule has 2 aromatic rings. The average molecular weight is 401 g/mol. The molecule has 0 aliphatic rings. The van der Waals surface area contributed by atoms with Crippen LogP contribution in [0.4, 0.5) is 8.78 Å². The van der Waals surface area contributed by atoms with Gasteiger partial charge in [-0.1, -0.05) is 11.6 Å². The van der Waals surface area contributed by atoms with E-state index in [0.29, 0.717) is 5.02 Å². The van der Waals surface area contributed by atoms with E-state index in [1.165, 1.54) is 24.8 Å². The molecule has 2 N–H and O–H groups in total. The number of hydrogen-bond donors (Lipinski definition) is 2. The number of nitrogens with one attached hydrogen (secondary N) is 2. The topological polar surface area (TPSA) is 67.4 Å². The third kappa shape index (κ3) is 6.20. The molecule has 9 heteroatoms. The Hall–Kier alpha value is -2.32. The van der Waals surface area contributed by atoms with E-state index in [1.807, 2.05) is 0 Å². The van der Waals surface area contributed by atoms with Gasteiger partial charge in [0.1, 0.15) is 5.75 Å². The fourth-order valence-corrected chi connectivity index (χ4v) is 2.58. The van der Waals surface area contributed by atoms with Crippen LogP contribution in [0.3, 0.4) is 0 Å². The highest BCUT2D eigenvalue weighted by Gasteiger charge is 2.16. The maximum absolute atomic E-state index is 13.1. The Morgan fingerprint density at radius 3 is 2.46 bits per heavy atom. The van der Waals surface area contributed by atoms with E-state index in [0.717, 1.165) is 17.0 Å². The van der Waals surface area contributed by atoms with Crippen LogP contribution in [0.15, 0.2) is 47.4 Å². The van der Waals surface area contributed by atoms with Crippen molar-refractivity contribution in [2.24, 2.45) is 0 Å². The molecule has 0 aromatic heterocycles. The first-order valence-corrected chi connectivity index (χ1v) is 8.80. The number of amides is 2. The maximum Gasteiger partial charge on any atom is 0.279 e. The van der Waals surface area contributed by atoms with Gasteiger partial charge in [0.25, 0.3) is 5.91 Å². The van der Waals surface area contributed by atoms with Gasteiger partial charge in [0, 0.05) is 16.0 Å². The molecule has 0 spiro atoms. The number of carbonyl (C=O) groups is 2. The SMILES string of the molecule is CC(Oc1ccc(F)c(F)c1)C(=O)NNC(=O)CSc1ccc(Cl)cc1. The molecule has 2 rings (SSSR count). The fourth-order valence-electron chi connectivity index (χ4n) is 1.76. The molecule has 138 valence electrons. The average Bonchev–Trinajstić information content (AvgIpc) is 2.62. The zero-order chi connectivity index (χ0) is 19.1. The van der Waals surface area contributed by atoms with Crippen LogP contribution in [-0.4, -0.2) is 23.7 Å². The molecule has 0 radical (unpaired) electrons. The van der Waals surface area contributed by atoms with Gasteiger partial charge >= 0.3 is 0 Å². The van der Waals surface area contributed by atoms with Crippen molar-refractivity contribution in [3.63, 3.8) is 0 Å². The maximum atomic E-state index is 13.1. The Balaban J connectivity index is 1.75. The number of hydrazine groups is 1. The molecule has 0 saturated carbocycles. The van der Waals surface area contributed by atoms with Crippen LogP contribution in [0.5, 0.6) is 5.75 Å². The van der Waals surface area contributed by atoms with Crippen LogP contribution in [0, 0.1) is 11.6 Å². The van der Waals surface area contributed by atoms with E-state index < -0.39 is 29.6 Å². The molecule has 0 aliphatic carbocycles. The molecule has 5 nitrogen and oxygen atoms in total. The summed E-state index contributed by atoms with van der Waals surface area (Å²) in [6.07, 6.45) is -1.02. The smallest absolute Gasteiger partial charge is 0.279 e. The first kappa shape index (κ1) is 20.0. The van der Waals surface area contributed by atoms with Crippen LogP contribution in [0.2, 0.25) is 5.02 Å². The van der Waals surface area contributed by atoms with E-state index in [2.05, 4.69) is 10.9 Å². The largest absolute Gasteiger partial charge is 0.481 e. The zero-order valence-corrected chi connectivity index (χ0v) is 15.2. The second-order valence-electron chi connectivity index (χ2n) is 5.12. The minimum absolute atomic E-state index is 0.00355. The van der Waals surface area contributed by atoms with E-state index >= 15 is 0 Å². The monoisotopic (exact) mass is 400 g/mol. The molecule has 0 bridgehead atoms. The molecule has 1 unspecified atom stereocenters. The summed E-state index contributed by atoms with van der Waals surface area (Å²) in [7, 11) is 0. The zero-order valence-electron chi connectivity index (χ0n) is 13.6. The van der Waals surface area contributed by atoms with Crippen LogP contribution < -0.4 is 15.6 Å². The van der Waals surface area contributed by atoms with Crippen molar-refractivity contribution in [1.82, 2.24) is 10.9 Å². The van der Waals surface area contributed by atoms with Gasteiger partial charge < -0.3 is 4.74 Å². The standard InChI is InChI=1S/C17H15ClF2N2O3S/c1-10(25-12-4-7-14(19)15(20)8-12)17(24)22-21-16(23)9-26-13-5-2-11(18)3-6-13/h2-8,10H,9H2,1H3,(H,21,23)(H,22,24). The minimum Gasteiger partial charge on any atom is -0.481 e. The summed E-state index contributed by atoms with van der Waals surface area (Å²) in [6.45, 7) is 1.41. The quantitative estimate of drug-likeness (QED) is 0.576. The van der Waals surface area contributed by atoms with E-state index in [9.17, 15) is 18.4 Å². The number of carbonyl (C=O) groups excluding carboxylic acids is 2. The Morgan fingerprint density at radius 1 is 1.12 bits per heavy atom. The summed E-state index contributed by atoms with van der Waals surface area (Å²) >= 11 is 7.05. The molecule has 0 heterocycles. The van der Waals surface area contributed by atoms with Crippen molar-refractivity contribution in [3.8, 4) is 5.75 Å². The lowest BCUT2D eigenvalue weighted by molar-refractivity contribution is -0.131. The molecular weight excluding hydrogens is 386 g/mol. The lowest BCUT2D eigenvalue weighted by Gasteiger charge is -2.15. The van der Waals surface area contributed by atoms with Crippen molar-refractivity contribution >= 4 is 35.2 Å². The second-order valence-corrected chi connectivity index (χ2v) is 6.60. The predicted octanol–water partition coefficient (Wildman–Crippen LogP) is 3.33. The van der Waals surface area contributed by atoms with Gasteiger partial charge in [-0.3, -0.25) is 20.4 Å². The first-order chi connectivity index (χ1) is 12.3. The van der Waals surface area contributed by atoms with Crippen molar-refractivity contribution in [1.29, 1.82) is 0 Å². The number of hydrogen-bond acceptors (Lipinski definition) is 4. The summed E-state index contributed by atoms with van der Waals surface area (Å²) in [5.41, 5.74) is 4.46. The summed E-state index contributed by atoms with van der Waals surface area (Å²) in [6, 6.07) is 9.89. The molecule has 0 aliphatic heterocycles. The predicted molar refractivity (Wildman–Crippen MR) is 94.9 cm³/mol. The Kier molecular flexibility index (Phi) is 7.23. The van der Waals surface area contributed by atoms with E-state index in [-0.39, 0.29) is 11.5 Å². The third-order valence-corrected chi connectivity index (χ3v) is 4.35. The lowest BCUT2D eigenvalue weighted by atomic mass is 10.3. The Labute approximate surface area is 158 Å². The Morgan fingerprint density at radius 2 is 1.81 bits per heavy atom. The van der Waals surface area contributed by atoms with Crippen LogP contribution in [0.1, 0.15) is 6.92 Å². The van der Waals surface area contributed by atoms with Crippen LogP contribution in [0.25, 0.3) is 0 Å². The van der Waals surface area contributed by atoms with Gasteiger partial charge in [-0.05, 0) is 43.3 Å². The van der Waals surface area contributed by atoms with Gasteiger partial charge in [-0.15, -0.1) is 11.8 Å². The third-order valence-electron chi connectivity index (χ3n) is 3.08. The molecule has 26 heavy (non-hydrogen) atoms. The first-order valence-electron chi connectivity index (χ1n) is 7.44. The van der Waals surface area contributed by atoms with E-state index in [4.69, 9.17) is 16.3 Å². The second kappa shape index (κ2) is 9.40. The molecule has 1 atom stereocenters. The van der Waals surface area contributed by atoms with Gasteiger partial charge in [0.05, 0.1) is 5.75 Å². The van der Waals surface area contributed by atoms with Gasteiger partial charge in [-0.2, -0.15) is 0 Å². The number of benzene rings is 2. The molecular formula is C17H15ClF2N2O3S. The normalized spacial score (nSPS) is 11.5. The molecule has 0 fully saturated rings. The number of rotatable bonds is 6. The van der Waals surface area contributed by atoms with Crippen molar-refractivity contribution in [2.75, 3.05) is 5.75 Å². The molecule has 2 aromatic carbocycles. The van der Waals surface area contributed by atoms with Gasteiger partial charge in [0.2, 0.25) is 5.91 Å². The summed E-state index contributed by atoms with van der Waals surface area (Å²) in [4.78, 5) is 24.5. The number of halogens is 3. The Bertz CT molecular complexity index is 790. The minimum atomic E-state index is -1.08. The van der Waals surface area contributed by atoms with Gasteiger partial charge in [0.15, 0.2) is 17.7 Å². The lowest BCUT2D eigenvalue weighted by Crippen LogP contribution is -2.47. The van der Waals surface area contributed by atoms with Crippen molar-refractivity contribution < 1.29 is 23.1 Å². The van der Waals surface area contributed by atoms with Crippen molar-refractivity contribution in [3.05, 3.63) is 59.1 Å². The molecule has 2 amide bonds. The summed E-state index contributed by atoms with van der Waals surface area (Å²) in [5.74, 6) is -3.07. The van der Waals surface area contributed by atoms with Crippen LogP contribution in [-0.2, 0) is 9.59 Å². The molecule has 0 saturated heterocycles. The number of thioether (sulfide) groups is 1.